The number of anilines is 1. The van der Waals surface area contributed by atoms with E-state index in [-0.39, 0.29) is 24.8 Å². The second-order valence-corrected chi connectivity index (χ2v) is 7.20. The van der Waals surface area contributed by atoms with Gasteiger partial charge in [0.2, 0.25) is 5.91 Å². The highest BCUT2D eigenvalue weighted by atomic mass is 16.2. The Kier molecular flexibility index (Phi) is 4.53. The third-order valence-corrected chi connectivity index (χ3v) is 4.31. The van der Waals surface area contributed by atoms with Crippen molar-refractivity contribution in [1.29, 1.82) is 0 Å². The number of hydrogen-bond donors (Lipinski definition) is 0. The van der Waals surface area contributed by atoms with Gasteiger partial charge in [0.15, 0.2) is 5.78 Å². The Hall–Kier alpha value is -2.75. The molecule has 0 aliphatic carbocycles. The van der Waals surface area contributed by atoms with Crippen LogP contribution in [0.5, 0.6) is 0 Å². The van der Waals surface area contributed by atoms with E-state index in [0.717, 1.165) is 22.5 Å². The summed E-state index contributed by atoms with van der Waals surface area (Å²) in [6.45, 7) is 5.72. The standard InChI is InChI=1S/C21H22N2O2/c1-21(2,3)18(24)14-23-17-12-8-7-11-16(17)20(22-13-19(23)25)15-9-5-4-6-10-15/h4-12H,13-14H2,1-3H3. The van der Waals surface area contributed by atoms with Gasteiger partial charge in [-0.3, -0.25) is 14.6 Å². The summed E-state index contributed by atoms with van der Waals surface area (Å²) in [7, 11) is 0. The number of carbonyl (C=O) groups excluding carboxylic acids is 2. The van der Waals surface area contributed by atoms with E-state index in [4.69, 9.17) is 0 Å². The zero-order valence-corrected chi connectivity index (χ0v) is 14.8. The molecule has 0 radical (unpaired) electrons. The number of hydrogen-bond acceptors (Lipinski definition) is 3. The Morgan fingerprint density at radius 3 is 2.36 bits per heavy atom. The highest BCUT2D eigenvalue weighted by Gasteiger charge is 2.30. The van der Waals surface area contributed by atoms with Gasteiger partial charge >= 0.3 is 0 Å². The predicted octanol–water partition coefficient (Wildman–Crippen LogP) is 3.49. The number of carbonyl (C=O) groups is 2. The number of benzodiazepines with no additional fused rings is 1. The van der Waals surface area contributed by atoms with Crippen LogP contribution in [-0.2, 0) is 9.59 Å². The average molecular weight is 334 g/mol. The fourth-order valence-corrected chi connectivity index (χ4v) is 2.76. The van der Waals surface area contributed by atoms with E-state index in [2.05, 4.69) is 4.99 Å². The molecule has 0 bridgehead atoms. The molecule has 4 nitrogen and oxygen atoms in total. The minimum Gasteiger partial charge on any atom is -0.303 e. The van der Waals surface area contributed by atoms with Crippen molar-refractivity contribution in [3.8, 4) is 0 Å². The van der Waals surface area contributed by atoms with Gasteiger partial charge in [0.25, 0.3) is 0 Å². The van der Waals surface area contributed by atoms with Gasteiger partial charge in [-0.25, -0.2) is 0 Å². The highest BCUT2D eigenvalue weighted by Crippen LogP contribution is 2.28. The maximum atomic E-state index is 12.7. The molecule has 0 saturated carbocycles. The average Bonchev–Trinajstić information content (AvgIpc) is 2.73. The van der Waals surface area contributed by atoms with Crippen molar-refractivity contribution in [2.45, 2.75) is 20.8 Å². The van der Waals surface area contributed by atoms with E-state index in [0.29, 0.717) is 0 Å². The molecule has 0 saturated heterocycles. The number of amides is 1. The number of ketones is 1. The first kappa shape index (κ1) is 17.1. The van der Waals surface area contributed by atoms with Crippen LogP contribution in [0.25, 0.3) is 0 Å². The second kappa shape index (κ2) is 6.63. The summed E-state index contributed by atoms with van der Waals surface area (Å²) >= 11 is 0. The Bertz CT molecular complexity index is 832. The number of fused-ring (bicyclic) bond motifs is 1. The first-order valence-corrected chi connectivity index (χ1v) is 8.41. The van der Waals surface area contributed by atoms with Crippen LogP contribution < -0.4 is 4.90 Å². The lowest BCUT2D eigenvalue weighted by Crippen LogP contribution is -2.40. The summed E-state index contributed by atoms with van der Waals surface area (Å²) in [5.74, 6) is -0.130. The normalized spacial score (nSPS) is 14.6. The van der Waals surface area contributed by atoms with Gasteiger partial charge in [-0.05, 0) is 6.07 Å². The molecule has 2 aromatic carbocycles. The number of nitrogens with zero attached hydrogens (tertiary/aromatic N) is 2. The Morgan fingerprint density at radius 1 is 1.04 bits per heavy atom. The van der Waals surface area contributed by atoms with Crippen LogP contribution in [0.3, 0.4) is 0 Å². The maximum absolute atomic E-state index is 12.7. The predicted molar refractivity (Wildman–Crippen MR) is 100 cm³/mol. The van der Waals surface area contributed by atoms with Crippen molar-refractivity contribution >= 4 is 23.1 Å². The molecule has 1 aliphatic heterocycles. The molecular weight excluding hydrogens is 312 g/mol. The van der Waals surface area contributed by atoms with Crippen molar-refractivity contribution in [3.63, 3.8) is 0 Å². The summed E-state index contributed by atoms with van der Waals surface area (Å²) < 4.78 is 0. The minimum atomic E-state index is -0.495. The number of aliphatic imine (C=N–C) groups is 1. The molecule has 1 amide bonds. The van der Waals surface area contributed by atoms with Gasteiger partial charge in [-0.15, -0.1) is 0 Å². The lowest BCUT2D eigenvalue weighted by Gasteiger charge is -2.26. The van der Waals surface area contributed by atoms with E-state index in [1.165, 1.54) is 0 Å². The Morgan fingerprint density at radius 2 is 1.68 bits per heavy atom. The van der Waals surface area contributed by atoms with Gasteiger partial charge in [-0.1, -0.05) is 69.3 Å². The lowest BCUT2D eigenvalue weighted by atomic mass is 9.90. The monoisotopic (exact) mass is 334 g/mol. The Balaban J connectivity index is 2.06. The third kappa shape index (κ3) is 3.53. The molecule has 0 spiro atoms. The summed E-state index contributed by atoms with van der Waals surface area (Å²) in [5.41, 5.74) is 2.87. The SMILES string of the molecule is CC(C)(C)C(=O)CN1C(=O)CN=C(c2ccccc2)c2ccccc21. The van der Waals surface area contributed by atoms with E-state index in [9.17, 15) is 9.59 Å². The summed E-state index contributed by atoms with van der Waals surface area (Å²) in [6, 6.07) is 17.5. The summed E-state index contributed by atoms with van der Waals surface area (Å²) in [6.07, 6.45) is 0. The van der Waals surface area contributed by atoms with E-state index in [1.807, 2.05) is 75.4 Å². The van der Waals surface area contributed by atoms with Gasteiger partial charge in [0, 0.05) is 16.5 Å². The molecule has 25 heavy (non-hydrogen) atoms. The van der Waals surface area contributed by atoms with Crippen LogP contribution >= 0.6 is 0 Å². The molecule has 1 aliphatic rings. The maximum Gasteiger partial charge on any atom is 0.249 e. The first-order valence-electron chi connectivity index (χ1n) is 8.41. The molecule has 0 unspecified atom stereocenters. The summed E-state index contributed by atoms with van der Waals surface area (Å²) in [5, 5.41) is 0. The van der Waals surface area contributed by atoms with Crippen molar-refractivity contribution < 1.29 is 9.59 Å². The van der Waals surface area contributed by atoms with E-state index >= 15 is 0 Å². The molecule has 0 N–H and O–H groups in total. The van der Waals surface area contributed by atoms with Crippen molar-refractivity contribution in [3.05, 3.63) is 65.7 Å². The summed E-state index contributed by atoms with van der Waals surface area (Å²) in [4.78, 5) is 31.3. The smallest absolute Gasteiger partial charge is 0.249 e. The highest BCUT2D eigenvalue weighted by molar-refractivity contribution is 6.20. The van der Waals surface area contributed by atoms with Crippen molar-refractivity contribution in [2.24, 2.45) is 10.4 Å². The van der Waals surface area contributed by atoms with Crippen molar-refractivity contribution in [1.82, 2.24) is 0 Å². The van der Waals surface area contributed by atoms with Gasteiger partial charge in [0.1, 0.15) is 6.54 Å². The zero-order chi connectivity index (χ0) is 18.0. The van der Waals surface area contributed by atoms with Gasteiger partial charge in [-0.2, -0.15) is 0 Å². The molecule has 0 atom stereocenters. The van der Waals surface area contributed by atoms with E-state index < -0.39 is 5.41 Å². The molecule has 1 heterocycles. The first-order chi connectivity index (χ1) is 11.9. The molecule has 0 aromatic heterocycles. The fourth-order valence-electron chi connectivity index (χ4n) is 2.76. The van der Waals surface area contributed by atoms with Crippen LogP contribution in [0.15, 0.2) is 59.6 Å². The Labute approximate surface area is 148 Å². The lowest BCUT2D eigenvalue weighted by molar-refractivity contribution is -0.127. The largest absolute Gasteiger partial charge is 0.303 e. The minimum absolute atomic E-state index is 0.0267. The quantitative estimate of drug-likeness (QED) is 0.863. The fraction of sp³-hybridized carbons (Fsp3) is 0.286. The van der Waals surface area contributed by atoms with Crippen LogP contribution in [0.2, 0.25) is 0 Å². The van der Waals surface area contributed by atoms with Crippen LogP contribution in [0.4, 0.5) is 5.69 Å². The molecule has 128 valence electrons. The second-order valence-electron chi connectivity index (χ2n) is 7.20. The van der Waals surface area contributed by atoms with Crippen LogP contribution in [0, 0.1) is 5.41 Å². The van der Waals surface area contributed by atoms with Gasteiger partial charge in [0.05, 0.1) is 17.9 Å². The molecular formula is C21H22N2O2. The number of benzene rings is 2. The molecule has 3 rings (SSSR count). The number of rotatable bonds is 3. The molecule has 2 aromatic rings. The molecule has 4 heteroatoms. The zero-order valence-electron chi connectivity index (χ0n) is 14.8. The van der Waals surface area contributed by atoms with Crippen molar-refractivity contribution in [2.75, 3.05) is 18.0 Å². The number of Topliss-reactive ketones (excluding diaryl/α,β-unsaturated/α-hetero) is 1. The number of para-hydroxylation sites is 1. The van der Waals surface area contributed by atoms with E-state index in [1.54, 1.807) is 4.90 Å². The molecule has 0 fully saturated rings. The van der Waals surface area contributed by atoms with Crippen LogP contribution in [0.1, 0.15) is 31.9 Å². The topological polar surface area (TPSA) is 49.7 Å². The van der Waals surface area contributed by atoms with Gasteiger partial charge < -0.3 is 4.90 Å². The third-order valence-electron chi connectivity index (χ3n) is 4.31. The van der Waals surface area contributed by atoms with Crippen LogP contribution in [-0.4, -0.2) is 30.5 Å².